The van der Waals surface area contributed by atoms with E-state index in [0.717, 1.165) is 41.8 Å². The molecule has 2 amide bonds. The van der Waals surface area contributed by atoms with Crippen LogP contribution in [0.25, 0.3) is 0 Å². The number of carbonyl (C=O) groups excluding carboxylic acids is 2. The number of hydrogen-bond acceptors (Lipinski definition) is 4. The van der Waals surface area contributed by atoms with Crippen molar-refractivity contribution in [2.45, 2.75) is 44.2 Å². The molecule has 6 nitrogen and oxygen atoms in total. The number of fused-ring (bicyclic) bond motifs is 1. The van der Waals surface area contributed by atoms with Gasteiger partial charge in [-0.1, -0.05) is 30.3 Å². The Morgan fingerprint density at radius 3 is 2.42 bits per heavy atom. The molecule has 1 saturated heterocycles. The molecule has 1 spiro atoms. The fourth-order valence-corrected chi connectivity index (χ4v) is 4.63. The maximum absolute atomic E-state index is 12.9. The molecule has 0 aromatic heterocycles. The Bertz CT molecular complexity index is 947. The van der Waals surface area contributed by atoms with Crippen molar-refractivity contribution in [2.24, 2.45) is 0 Å². The van der Waals surface area contributed by atoms with E-state index in [0.29, 0.717) is 19.5 Å². The number of benzene rings is 2. The second-order valence-electron chi connectivity index (χ2n) is 8.89. The molecule has 1 N–H and O–H groups in total. The Morgan fingerprint density at radius 1 is 1.10 bits per heavy atom. The highest BCUT2D eigenvalue weighted by atomic mass is 16.5. The summed E-state index contributed by atoms with van der Waals surface area (Å²) in [5.74, 6) is 0.956. The van der Waals surface area contributed by atoms with E-state index >= 15 is 0 Å². The van der Waals surface area contributed by atoms with Crippen LogP contribution in [0.1, 0.15) is 43.4 Å². The minimum atomic E-state index is -0.342. The largest absolute Gasteiger partial charge is 0.487 e. The van der Waals surface area contributed by atoms with Gasteiger partial charge in [0.25, 0.3) is 0 Å². The number of hydrogen-bond donors (Lipinski definition) is 1. The van der Waals surface area contributed by atoms with Crippen LogP contribution in [0.2, 0.25) is 0 Å². The van der Waals surface area contributed by atoms with Gasteiger partial charge in [-0.15, -0.1) is 0 Å². The van der Waals surface area contributed by atoms with Crippen molar-refractivity contribution in [2.75, 3.05) is 32.1 Å². The highest BCUT2D eigenvalue weighted by Gasteiger charge is 2.44. The van der Waals surface area contributed by atoms with Crippen molar-refractivity contribution in [3.8, 4) is 5.75 Å². The number of piperidine rings is 1. The molecular formula is C25H31N3O3. The Hall–Kier alpha value is -3.02. The Morgan fingerprint density at radius 2 is 1.77 bits per heavy atom. The molecular weight excluding hydrogens is 390 g/mol. The van der Waals surface area contributed by atoms with Gasteiger partial charge in [0, 0.05) is 64.6 Å². The molecule has 31 heavy (non-hydrogen) atoms. The summed E-state index contributed by atoms with van der Waals surface area (Å²) in [6, 6.07) is 15.9. The van der Waals surface area contributed by atoms with Crippen LogP contribution in [0.4, 0.5) is 5.69 Å². The highest BCUT2D eigenvalue weighted by molar-refractivity contribution is 5.79. The SMILES string of the molecule is CC(=O)N1CCC2(CC1)CC(NC(=O)Cc1ccc(N(C)C)cc1)c1ccccc1O2. The summed E-state index contributed by atoms with van der Waals surface area (Å²) in [5, 5.41) is 3.26. The van der Waals surface area contributed by atoms with Gasteiger partial charge in [-0.25, -0.2) is 0 Å². The van der Waals surface area contributed by atoms with E-state index in [1.807, 2.05) is 72.4 Å². The number of para-hydroxylation sites is 1. The second kappa shape index (κ2) is 8.61. The zero-order valence-electron chi connectivity index (χ0n) is 18.6. The van der Waals surface area contributed by atoms with E-state index in [9.17, 15) is 9.59 Å². The monoisotopic (exact) mass is 421 g/mol. The van der Waals surface area contributed by atoms with E-state index < -0.39 is 0 Å². The van der Waals surface area contributed by atoms with Gasteiger partial charge in [0.05, 0.1) is 12.5 Å². The first kappa shape index (κ1) is 21.2. The van der Waals surface area contributed by atoms with Gasteiger partial charge < -0.3 is 19.9 Å². The summed E-state index contributed by atoms with van der Waals surface area (Å²) in [4.78, 5) is 28.6. The van der Waals surface area contributed by atoms with Gasteiger partial charge in [-0.3, -0.25) is 9.59 Å². The van der Waals surface area contributed by atoms with Crippen LogP contribution in [0.15, 0.2) is 48.5 Å². The molecule has 1 fully saturated rings. The van der Waals surface area contributed by atoms with Crippen LogP contribution >= 0.6 is 0 Å². The lowest BCUT2D eigenvalue weighted by atomic mass is 9.80. The number of ether oxygens (including phenoxy) is 1. The minimum absolute atomic E-state index is 0.00984. The van der Waals surface area contributed by atoms with Crippen LogP contribution in [0.5, 0.6) is 5.75 Å². The molecule has 2 aromatic rings. The summed E-state index contributed by atoms with van der Waals surface area (Å²) in [6.07, 6.45) is 2.62. The fraction of sp³-hybridized carbons (Fsp3) is 0.440. The number of rotatable bonds is 4. The average Bonchev–Trinajstić information content (AvgIpc) is 2.74. The van der Waals surface area contributed by atoms with E-state index in [1.54, 1.807) is 6.92 Å². The number of anilines is 1. The molecule has 1 atom stereocenters. The predicted octanol–water partition coefficient (Wildman–Crippen LogP) is 3.32. The topological polar surface area (TPSA) is 61.9 Å². The summed E-state index contributed by atoms with van der Waals surface area (Å²) in [7, 11) is 4.00. The van der Waals surface area contributed by atoms with Gasteiger partial charge in [0.15, 0.2) is 0 Å². The smallest absolute Gasteiger partial charge is 0.224 e. The van der Waals surface area contributed by atoms with Crippen LogP contribution < -0.4 is 15.0 Å². The normalized spacial score (nSPS) is 19.3. The first-order valence-corrected chi connectivity index (χ1v) is 10.9. The zero-order valence-corrected chi connectivity index (χ0v) is 18.6. The van der Waals surface area contributed by atoms with Crippen LogP contribution in [0, 0.1) is 0 Å². The third-order valence-electron chi connectivity index (χ3n) is 6.47. The van der Waals surface area contributed by atoms with Crippen molar-refractivity contribution >= 4 is 17.5 Å². The molecule has 4 rings (SSSR count). The summed E-state index contributed by atoms with van der Waals surface area (Å²) in [5.41, 5.74) is 2.79. The molecule has 0 aliphatic carbocycles. The van der Waals surface area contributed by atoms with Crippen LogP contribution in [-0.2, 0) is 16.0 Å². The van der Waals surface area contributed by atoms with Crippen LogP contribution in [-0.4, -0.2) is 49.5 Å². The van der Waals surface area contributed by atoms with E-state index in [1.165, 1.54) is 0 Å². The Kier molecular flexibility index (Phi) is 5.90. The molecule has 0 bridgehead atoms. The third-order valence-corrected chi connectivity index (χ3v) is 6.47. The minimum Gasteiger partial charge on any atom is -0.487 e. The molecule has 2 aromatic carbocycles. The van der Waals surface area contributed by atoms with E-state index in [-0.39, 0.29) is 23.5 Å². The number of likely N-dealkylation sites (tertiary alicyclic amines) is 1. The van der Waals surface area contributed by atoms with Gasteiger partial charge in [-0.05, 0) is 23.8 Å². The lowest BCUT2D eigenvalue weighted by molar-refractivity contribution is -0.133. The summed E-state index contributed by atoms with van der Waals surface area (Å²) >= 11 is 0. The molecule has 2 heterocycles. The standard InChI is InChI=1S/C25H31N3O3/c1-18(29)28-14-12-25(13-15-28)17-22(21-6-4-5-7-23(21)31-25)26-24(30)16-19-8-10-20(11-9-19)27(2)3/h4-11,22H,12-17H2,1-3H3,(H,26,30). The molecule has 2 aliphatic heterocycles. The predicted molar refractivity (Wildman–Crippen MR) is 121 cm³/mol. The van der Waals surface area contributed by atoms with Crippen molar-refractivity contribution in [3.05, 3.63) is 59.7 Å². The first-order chi connectivity index (χ1) is 14.8. The molecule has 0 saturated carbocycles. The molecule has 164 valence electrons. The zero-order chi connectivity index (χ0) is 22.0. The van der Waals surface area contributed by atoms with Crippen molar-refractivity contribution < 1.29 is 14.3 Å². The molecule has 2 aliphatic rings. The number of carbonyl (C=O) groups is 2. The summed E-state index contributed by atoms with van der Waals surface area (Å²) in [6.45, 7) is 3.00. The molecule has 1 unspecified atom stereocenters. The van der Waals surface area contributed by atoms with E-state index in [4.69, 9.17) is 4.74 Å². The number of nitrogens with one attached hydrogen (secondary N) is 1. The highest BCUT2D eigenvalue weighted by Crippen LogP contribution is 2.44. The van der Waals surface area contributed by atoms with Gasteiger partial charge in [0.2, 0.25) is 11.8 Å². The average molecular weight is 422 g/mol. The van der Waals surface area contributed by atoms with Crippen LogP contribution in [0.3, 0.4) is 0 Å². The number of amides is 2. The Labute approximate surface area is 184 Å². The van der Waals surface area contributed by atoms with E-state index in [2.05, 4.69) is 5.32 Å². The van der Waals surface area contributed by atoms with Crippen molar-refractivity contribution in [1.82, 2.24) is 10.2 Å². The van der Waals surface area contributed by atoms with Gasteiger partial charge in [-0.2, -0.15) is 0 Å². The summed E-state index contributed by atoms with van der Waals surface area (Å²) < 4.78 is 6.46. The van der Waals surface area contributed by atoms with Crippen molar-refractivity contribution in [1.29, 1.82) is 0 Å². The quantitative estimate of drug-likeness (QED) is 0.823. The molecule has 6 heteroatoms. The lowest BCUT2D eigenvalue weighted by Gasteiger charge is -2.46. The van der Waals surface area contributed by atoms with Gasteiger partial charge in [0.1, 0.15) is 11.4 Å². The molecule has 0 radical (unpaired) electrons. The first-order valence-electron chi connectivity index (χ1n) is 10.9. The second-order valence-corrected chi connectivity index (χ2v) is 8.89. The maximum Gasteiger partial charge on any atom is 0.224 e. The fourth-order valence-electron chi connectivity index (χ4n) is 4.63. The number of nitrogens with zero attached hydrogens (tertiary/aromatic N) is 2. The lowest BCUT2D eigenvalue weighted by Crippen LogP contribution is -2.53. The van der Waals surface area contributed by atoms with Crippen molar-refractivity contribution in [3.63, 3.8) is 0 Å². The van der Waals surface area contributed by atoms with Gasteiger partial charge >= 0.3 is 0 Å². The third kappa shape index (κ3) is 4.68. The Balaban J connectivity index is 1.47. The maximum atomic E-state index is 12.9.